The zero-order valence-electron chi connectivity index (χ0n) is 10.6. The van der Waals surface area contributed by atoms with Crippen molar-refractivity contribution in [3.05, 3.63) is 23.9 Å². The highest BCUT2D eigenvalue weighted by Crippen LogP contribution is 2.15. The molecule has 3 nitrogen and oxygen atoms in total. The Labute approximate surface area is 98.7 Å². The van der Waals surface area contributed by atoms with E-state index in [2.05, 4.69) is 42.8 Å². The minimum atomic E-state index is 0.540. The number of aromatic nitrogens is 1. The molecule has 0 bridgehead atoms. The average molecular weight is 221 g/mol. The van der Waals surface area contributed by atoms with Crippen LogP contribution in [0.4, 0.5) is 5.82 Å². The van der Waals surface area contributed by atoms with Gasteiger partial charge in [-0.15, -0.1) is 0 Å². The molecule has 0 radical (unpaired) electrons. The lowest BCUT2D eigenvalue weighted by Crippen LogP contribution is -2.32. The molecule has 0 aliphatic heterocycles. The number of anilines is 1. The van der Waals surface area contributed by atoms with E-state index in [-0.39, 0.29) is 0 Å². The molecule has 0 aliphatic carbocycles. The summed E-state index contributed by atoms with van der Waals surface area (Å²) in [5, 5.41) is 0. The molecule has 2 N–H and O–H groups in total. The van der Waals surface area contributed by atoms with Crippen LogP contribution in [0.25, 0.3) is 0 Å². The van der Waals surface area contributed by atoms with Gasteiger partial charge in [-0.05, 0) is 44.9 Å². The van der Waals surface area contributed by atoms with Gasteiger partial charge in [-0.25, -0.2) is 4.98 Å². The van der Waals surface area contributed by atoms with Gasteiger partial charge < -0.3 is 10.6 Å². The van der Waals surface area contributed by atoms with E-state index in [1.165, 1.54) is 5.56 Å². The fourth-order valence-electron chi connectivity index (χ4n) is 1.82. The summed E-state index contributed by atoms with van der Waals surface area (Å²) in [5.74, 6) is 1.07. The first-order valence-electron chi connectivity index (χ1n) is 6.14. The Hall–Kier alpha value is -1.09. The summed E-state index contributed by atoms with van der Waals surface area (Å²) in [5.41, 5.74) is 6.73. The van der Waals surface area contributed by atoms with Crippen molar-refractivity contribution in [2.75, 3.05) is 18.0 Å². The van der Waals surface area contributed by atoms with Crippen molar-refractivity contribution in [3.8, 4) is 0 Å². The van der Waals surface area contributed by atoms with E-state index >= 15 is 0 Å². The molecule has 0 saturated heterocycles. The Morgan fingerprint density at radius 2 is 2.12 bits per heavy atom. The Morgan fingerprint density at radius 3 is 2.56 bits per heavy atom. The van der Waals surface area contributed by atoms with Gasteiger partial charge in [0.25, 0.3) is 0 Å². The Balaban J connectivity index is 2.78. The van der Waals surface area contributed by atoms with Crippen LogP contribution in [0, 0.1) is 0 Å². The smallest absolute Gasteiger partial charge is 0.128 e. The van der Waals surface area contributed by atoms with Gasteiger partial charge in [0.15, 0.2) is 0 Å². The number of hydrogen-bond acceptors (Lipinski definition) is 3. The third kappa shape index (κ3) is 3.20. The Morgan fingerprint density at radius 1 is 1.38 bits per heavy atom. The first kappa shape index (κ1) is 13.0. The Kier molecular flexibility index (Phi) is 5.26. The average Bonchev–Trinajstić information content (AvgIpc) is 2.32. The Bertz CT molecular complexity index is 295. The highest BCUT2D eigenvalue weighted by molar-refractivity contribution is 5.40. The van der Waals surface area contributed by atoms with Crippen LogP contribution in [0.2, 0.25) is 0 Å². The molecular formula is C13H23N3. The summed E-state index contributed by atoms with van der Waals surface area (Å²) in [7, 11) is 0. The molecule has 1 atom stereocenters. The molecule has 0 aromatic carbocycles. The molecule has 0 amide bonds. The number of hydrogen-bond donors (Lipinski definition) is 1. The predicted octanol–water partition coefficient (Wildman–Crippen LogP) is 2.21. The van der Waals surface area contributed by atoms with E-state index in [0.29, 0.717) is 12.6 Å². The van der Waals surface area contributed by atoms with Crippen LogP contribution >= 0.6 is 0 Å². The summed E-state index contributed by atoms with van der Waals surface area (Å²) in [4.78, 5) is 6.83. The zero-order chi connectivity index (χ0) is 12.0. The van der Waals surface area contributed by atoms with Gasteiger partial charge >= 0.3 is 0 Å². The summed E-state index contributed by atoms with van der Waals surface area (Å²) in [6, 6.07) is 4.76. The normalized spacial score (nSPS) is 12.5. The molecule has 0 fully saturated rings. The second-order valence-corrected chi connectivity index (χ2v) is 4.11. The van der Waals surface area contributed by atoms with Crippen molar-refractivity contribution in [2.24, 2.45) is 5.73 Å². The van der Waals surface area contributed by atoms with Crippen molar-refractivity contribution in [1.82, 2.24) is 4.98 Å². The van der Waals surface area contributed by atoms with Crippen LogP contribution in [0.15, 0.2) is 18.3 Å². The number of nitrogens with two attached hydrogens (primary N) is 1. The molecule has 1 unspecified atom stereocenters. The van der Waals surface area contributed by atoms with E-state index < -0.39 is 0 Å². The highest BCUT2D eigenvalue weighted by atomic mass is 15.2. The van der Waals surface area contributed by atoms with Crippen molar-refractivity contribution >= 4 is 5.82 Å². The second kappa shape index (κ2) is 6.48. The molecule has 1 heterocycles. The van der Waals surface area contributed by atoms with Gasteiger partial charge in [0.1, 0.15) is 5.82 Å². The molecule has 0 aliphatic rings. The third-order valence-corrected chi connectivity index (χ3v) is 3.00. The summed E-state index contributed by atoms with van der Waals surface area (Å²) in [6.45, 7) is 8.29. The van der Waals surface area contributed by atoms with Crippen LogP contribution in [0.3, 0.4) is 0 Å². The molecule has 0 spiro atoms. The summed E-state index contributed by atoms with van der Waals surface area (Å²) in [6.07, 6.45) is 3.98. The van der Waals surface area contributed by atoms with Gasteiger partial charge in [0.05, 0.1) is 0 Å². The summed E-state index contributed by atoms with van der Waals surface area (Å²) >= 11 is 0. The van der Waals surface area contributed by atoms with Crippen LogP contribution in [-0.2, 0) is 6.42 Å². The van der Waals surface area contributed by atoms with Gasteiger partial charge in [-0.2, -0.15) is 0 Å². The van der Waals surface area contributed by atoms with E-state index in [1.54, 1.807) is 0 Å². The molecule has 3 heteroatoms. The van der Waals surface area contributed by atoms with E-state index in [1.807, 2.05) is 6.20 Å². The molecule has 0 saturated carbocycles. The van der Waals surface area contributed by atoms with Crippen LogP contribution in [0.1, 0.15) is 32.8 Å². The monoisotopic (exact) mass is 221 g/mol. The summed E-state index contributed by atoms with van der Waals surface area (Å²) < 4.78 is 0. The van der Waals surface area contributed by atoms with Crippen LogP contribution in [-0.4, -0.2) is 24.1 Å². The topological polar surface area (TPSA) is 42.1 Å². The van der Waals surface area contributed by atoms with Crippen molar-refractivity contribution in [2.45, 2.75) is 39.7 Å². The van der Waals surface area contributed by atoms with Gasteiger partial charge in [-0.1, -0.05) is 13.0 Å². The first-order chi connectivity index (χ1) is 7.72. The van der Waals surface area contributed by atoms with Crippen LogP contribution in [0.5, 0.6) is 0 Å². The van der Waals surface area contributed by atoms with E-state index in [0.717, 1.165) is 25.2 Å². The third-order valence-electron chi connectivity index (χ3n) is 3.00. The van der Waals surface area contributed by atoms with Gasteiger partial charge in [0, 0.05) is 18.8 Å². The largest absolute Gasteiger partial charge is 0.354 e. The van der Waals surface area contributed by atoms with Crippen molar-refractivity contribution in [1.29, 1.82) is 0 Å². The molecule has 1 rings (SSSR count). The lowest BCUT2D eigenvalue weighted by Gasteiger charge is -2.28. The lowest BCUT2D eigenvalue weighted by atomic mass is 10.2. The fourth-order valence-corrected chi connectivity index (χ4v) is 1.82. The number of rotatable bonds is 6. The van der Waals surface area contributed by atoms with Crippen LogP contribution < -0.4 is 10.6 Å². The second-order valence-electron chi connectivity index (χ2n) is 4.11. The van der Waals surface area contributed by atoms with Crippen molar-refractivity contribution < 1.29 is 0 Å². The lowest BCUT2D eigenvalue weighted by molar-refractivity contribution is 0.623. The molecule has 90 valence electrons. The fraction of sp³-hybridized carbons (Fsp3) is 0.615. The first-order valence-corrected chi connectivity index (χ1v) is 6.14. The van der Waals surface area contributed by atoms with Gasteiger partial charge in [0.2, 0.25) is 0 Å². The molecule has 16 heavy (non-hydrogen) atoms. The standard InChI is InChI=1S/C13H23N3/c1-4-11(3)16(5-2)13-7-6-12(8-9-14)10-15-13/h6-7,10-11H,4-5,8-9,14H2,1-3H3. The molecule has 1 aromatic rings. The zero-order valence-corrected chi connectivity index (χ0v) is 10.6. The highest BCUT2D eigenvalue weighted by Gasteiger charge is 2.11. The maximum atomic E-state index is 5.52. The van der Waals surface area contributed by atoms with E-state index in [9.17, 15) is 0 Å². The molecule has 1 aromatic heterocycles. The molecular weight excluding hydrogens is 198 g/mol. The van der Waals surface area contributed by atoms with Crippen molar-refractivity contribution in [3.63, 3.8) is 0 Å². The maximum absolute atomic E-state index is 5.52. The number of pyridine rings is 1. The maximum Gasteiger partial charge on any atom is 0.128 e. The van der Waals surface area contributed by atoms with Gasteiger partial charge in [-0.3, -0.25) is 0 Å². The van der Waals surface area contributed by atoms with E-state index in [4.69, 9.17) is 5.73 Å². The quantitative estimate of drug-likeness (QED) is 0.801. The number of nitrogens with zero attached hydrogens (tertiary/aromatic N) is 2. The minimum Gasteiger partial charge on any atom is -0.354 e. The minimum absolute atomic E-state index is 0.540. The SMILES string of the molecule is CCC(C)N(CC)c1ccc(CCN)cn1. The predicted molar refractivity (Wildman–Crippen MR) is 69.8 cm³/mol.